The van der Waals surface area contributed by atoms with Crippen molar-refractivity contribution in [1.29, 1.82) is 0 Å². The highest BCUT2D eigenvalue weighted by atomic mass is 16.7. The van der Waals surface area contributed by atoms with Crippen LogP contribution < -0.4 is 5.32 Å². The zero-order valence-electron chi connectivity index (χ0n) is 41.5. The summed E-state index contributed by atoms with van der Waals surface area (Å²) in [5.74, 6) is -0.183. The molecule has 0 aromatic rings. The number of aliphatic hydroxyl groups excluding tert-OH is 5. The van der Waals surface area contributed by atoms with E-state index < -0.39 is 49.5 Å². The van der Waals surface area contributed by atoms with E-state index in [0.717, 1.165) is 57.8 Å². The second kappa shape index (κ2) is 45.2. The largest absolute Gasteiger partial charge is 0.394 e. The summed E-state index contributed by atoms with van der Waals surface area (Å²) in [4.78, 5) is 13.0. The van der Waals surface area contributed by atoms with Gasteiger partial charge in [-0.3, -0.25) is 4.79 Å². The lowest BCUT2D eigenvalue weighted by Crippen LogP contribution is -2.60. The van der Waals surface area contributed by atoms with Crippen LogP contribution in [0.3, 0.4) is 0 Å². The van der Waals surface area contributed by atoms with Crippen LogP contribution in [0.15, 0.2) is 36.5 Å². The molecular weight excluding hydrogens is 803 g/mol. The van der Waals surface area contributed by atoms with Crippen LogP contribution in [0.4, 0.5) is 0 Å². The van der Waals surface area contributed by atoms with E-state index in [2.05, 4.69) is 43.5 Å². The van der Waals surface area contributed by atoms with Gasteiger partial charge in [-0.1, -0.05) is 230 Å². The quantitative estimate of drug-likeness (QED) is 0.0261. The fourth-order valence-electron chi connectivity index (χ4n) is 8.60. The van der Waals surface area contributed by atoms with Gasteiger partial charge in [0, 0.05) is 6.42 Å². The number of hydrogen-bond donors (Lipinski definition) is 6. The van der Waals surface area contributed by atoms with Gasteiger partial charge in [0.2, 0.25) is 5.91 Å². The number of nitrogens with one attached hydrogen (secondary N) is 1. The van der Waals surface area contributed by atoms with Crippen molar-refractivity contribution in [2.24, 2.45) is 0 Å². The fraction of sp³-hybridized carbons (Fsp3) is 0.873. The van der Waals surface area contributed by atoms with Crippen LogP contribution in [0.1, 0.15) is 251 Å². The van der Waals surface area contributed by atoms with Crippen molar-refractivity contribution >= 4 is 5.91 Å². The molecular formula is C55H103NO8. The molecule has 0 aromatic carbocycles. The molecule has 1 amide bonds. The van der Waals surface area contributed by atoms with E-state index in [1.807, 2.05) is 6.08 Å². The van der Waals surface area contributed by atoms with Gasteiger partial charge in [-0.15, -0.1) is 0 Å². The predicted molar refractivity (Wildman–Crippen MR) is 267 cm³/mol. The number of unbranched alkanes of at least 4 members (excludes halogenated alkanes) is 32. The van der Waals surface area contributed by atoms with Crippen molar-refractivity contribution in [3.8, 4) is 0 Å². The van der Waals surface area contributed by atoms with E-state index in [-0.39, 0.29) is 12.5 Å². The number of carbonyl (C=O) groups excluding carboxylic acids is 1. The van der Waals surface area contributed by atoms with Gasteiger partial charge in [0.25, 0.3) is 0 Å². The molecule has 0 spiro atoms. The summed E-state index contributed by atoms with van der Waals surface area (Å²) in [7, 11) is 0. The fourth-order valence-corrected chi connectivity index (χ4v) is 8.60. The molecule has 9 heteroatoms. The van der Waals surface area contributed by atoms with Crippen molar-refractivity contribution < 1.29 is 39.8 Å². The number of hydrogen-bond acceptors (Lipinski definition) is 8. The van der Waals surface area contributed by atoms with Crippen LogP contribution in [-0.4, -0.2) is 87.5 Å². The summed E-state index contributed by atoms with van der Waals surface area (Å²) < 4.78 is 11.3. The number of rotatable bonds is 46. The topological polar surface area (TPSA) is 149 Å². The van der Waals surface area contributed by atoms with E-state index in [4.69, 9.17) is 9.47 Å². The summed E-state index contributed by atoms with van der Waals surface area (Å²) in [6, 6.07) is -0.809. The SMILES string of the molecule is CCCCCCCCCCC/C=C\C/C=C\CCCCCCCCCC(=O)NC(COC1OC(CO)C(O)C(O)C1O)C(O)/C=C/CCCCCCCCCCCCCCCCCC. The summed E-state index contributed by atoms with van der Waals surface area (Å²) in [6.07, 6.45) is 50.5. The minimum absolute atomic E-state index is 0.183. The van der Waals surface area contributed by atoms with Crippen LogP contribution >= 0.6 is 0 Å². The highest BCUT2D eigenvalue weighted by molar-refractivity contribution is 5.76. The van der Waals surface area contributed by atoms with E-state index in [9.17, 15) is 30.3 Å². The van der Waals surface area contributed by atoms with E-state index in [1.54, 1.807) is 6.08 Å². The van der Waals surface area contributed by atoms with Gasteiger partial charge >= 0.3 is 0 Å². The lowest BCUT2D eigenvalue weighted by atomic mass is 9.99. The first-order valence-corrected chi connectivity index (χ1v) is 27.2. The van der Waals surface area contributed by atoms with Gasteiger partial charge in [-0.2, -0.15) is 0 Å². The Labute approximate surface area is 393 Å². The Hall–Kier alpha value is -1.59. The Morgan fingerprint density at radius 1 is 0.531 bits per heavy atom. The van der Waals surface area contributed by atoms with Crippen molar-refractivity contribution in [2.75, 3.05) is 13.2 Å². The third-order valence-corrected chi connectivity index (χ3v) is 13.0. The number of carbonyl (C=O) groups is 1. The van der Waals surface area contributed by atoms with Crippen molar-refractivity contribution in [2.45, 2.75) is 294 Å². The maximum absolute atomic E-state index is 13.0. The Morgan fingerprint density at radius 3 is 1.34 bits per heavy atom. The average molecular weight is 906 g/mol. The van der Waals surface area contributed by atoms with Crippen molar-refractivity contribution in [1.82, 2.24) is 5.32 Å². The van der Waals surface area contributed by atoms with E-state index in [0.29, 0.717) is 6.42 Å². The van der Waals surface area contributed by atoms with Gasteiger partial charge in [-0.05, 0) is 51.4 Å². The molecule has 1 aliphatic heterocycles. The van der Waals surface area contributed by atoms with E-state index in [1.165, 1.54) is 173 Å². The zero-order valence-corrected chi connectivity index (χ0v) is 41.5. The molecule has 64 heavy (non-hydrogen) atoms. The Bertz CT molecular complexity index is 1100. The first-order chi connectivity index (χ1) is 31.3. The summed E-state index contributed by atoms with van der Waals surface area (Å²) >= 11 is 0. The molecule has 1 fully saturated rings. The first-order valence-electron chi connectivity index (χ1n) is 27.2. The molecule has 0 radical (unpaired) electrons. The standard InChI is InChI=1S/C55H103NO8/c1-3-5-7-9-11-13-15-17-19-21-23-24-25-26-27-29-31-33-35-37-39-41-43-45-51(59)56-48(47-63-55-54(62)53(61)52(60)50(46-57)64-55)49(58)44-42-40-38-36-34-32-30-28-22-20-18-16-14-12-10-8-6-4-2/h23-24,26-27,42,44,48-50,52-55,57-58,60-62H,3-22,25,28-41,43,45-47H2,1-2H3,(H,56,59)/b24-23-,27-26-,44-42+. The van der Waals surface area contributed by atoms with Crippen LogP contribution in [0.25, 0.3) is 0 Å². The molecule has 7 atom stereocenters. The molecule has 0 saturated carbocycles. The van der Waals surface area contributed by atoms with Gasteiger partial charge in [-0.25, -0.2) is 0 Å². The summed E-state index contributed by atoms with van der Waals surface area (Å²) in [6.45, 7) is 3.79. The molecule has 1 heterocycles. The molecule has 6 N–H and O–H groups in total. The third-order valence-electron chi connectivity index (χ3n) is 13.0. The van der Waals surface area contributed by atoms with Gasteiger partial charge in [0.1, 0.15) is 24.4 Å². The van der Waals surface area contributed by atoms with E-state index >= 15 is 0 Å². The second-order valence-electron chi connectivity index (χ2n) is 19.0. The number of aliphatic hydroxyl groups is 5. The molecule has 1 saturated heterocycles. The molecule has 0 aliphatic carbocycles. The lowest BCUT2D eigenvalue weighted by Gasteiger charge is -2.40. The van der Waals surface area contributed by atoms with Crippen LogP contribution in [0, 0.1) is 0 Å². The van der Waals surface area contributed by atoms with Crippen LogP contribution in [0.5, 0.6) is 0 Å². The smallest absolute Gasteiger partial charge is 0.220 e. The third kappa shape index (κ3) is 34.7. The Kier molecular flexibility index (Phi) is 42.7. The number of amides is 1. The average Bonchev–Trinajstić information content (AvgIpc) is 3.29. The maximum Gasteiger partial charge on any atom is 0.220 e. The normalized spacial score (nSPS) is 20.3. The lowest BCUT2D eigenvalue weighted by molar-refractivity contribution is -0.302. The number of allylic oxidation sites excluding steroid dienone is 5. The van der Waals surface area contributed by atoms with Gasteiger partial charge in [0.15, 0.2) is 6.29 Å². The summed E-state index contributed by atoms with van der Waals surface area (Å²) in [5.41, 5.74) is 0. The van der Waals surface area contributed by atoms with Gasteiger partial charge in [0.05, 0.1) is 25.4 Å². The molecule has 376 valence electrons. The molecule has 0 bridgehead atoms. The molecule has 0 aromatic heterocycles. The first kappa shape index (κ1) is 60.4. The Balaban J connectivity index is 2.27. The van der Waals surface area contributed by atoms with Crippen molar-refractivity contribution in [3.05, 3.63) is 36.5 Å². The monoisotopic (exact) mass is 906 g/mol. The molecule has 9 nitrogen and oxygen atoms in total. The van der Waals surface area contributed by atoms with Crippen molar-refractivity contribution in [3.63, 3.8) is 0 Å². The molecule has 1 rings (SSSR count). The highest BCUT2D eigenvalue weighted by Gasteiger charge is 2.44. The highest BCUT2D eigenvalue weighted by Crippen LogP contribution is 2.23. The van der Waals surface area contributed by atoms with Crippen LogP contribution in [-0.2, 0) is 14.3 Å². The van der Waals surface area contributed by atoms with Crippen LogP contribution in [0.2, 0.25) is 0 Å². The van der Waals surface area contributed by atoms with Gasteiger partial charge < -0.3 is 40.3 Å². The summed E-state index contributed by atoms with van der Waals surface area (Å²) in [5, 5.41) is 54.4. The predicted octanol–water partition coefficient (Wildman–Crippen LogP) is 12.8. The number of ether oxygens (including phenoxy) is 2. The zero-order chi connectivity index (χ0) is 46.6. The Morgan fingerprint density at radius 2 is 0.922 bits per heavy atom. The molecule has 7 unspecified atom stereocenters. The minimum Gasteiger partial charge on any atom is -0.394 e. The minimum atomic E-state index is -1.57. The second-order valence-corrected chi connectivity index (χ2v) is 19.0. The molecule has 1 aliphatic rings. The maximum atomic E-state index is 13.0.